The van der Waals surface area contributed by atoms with Gasteiger partial charge in [0.1, 0.15) is 5.76 Å². The second kappa shape index (κ2) is 5.71. The van der Waals surface area contributed by atoms with Gasteiger partial charge in [0.25, 0.3) is 5.22 Å². The number of rotatable bonds is 5. The van der Waals surface area contributed by atoms with Crippen molar-refractivity contribution in [2.24, 2.45) is 0 Å². The third kappa shape index (κ3) is 3.56. The predicted molar refractivity (Wildman–Crippen MR) is 54.7 cm³/mol. The van der Waals surface area contributed by atoms with Crippen LogP contribution in [0.25, 0.3) is 0 Å². The highest BCUT2D eigenvalue weighted by molar-refractivity contribution is 7.99. The molecule has 0 aliphatic heterocycles. The maximum atomic E-state index is 5.38. The Kier molecular flexibility index (Phi) is 4.48. The molecule has 0 aliphatic carbocycles. The van der Waals surface area contributed by atoms with E-state index in [1.54, 1.807) is 18.0 Å². The van der Waals surface area contributed by atoms with Crippen molar-refractivity contribution in [3.8, 4) is 12.3 Å². The summed E-state index contributed by atoms with van der Waals surface area (Å²) in [5.41, 5.74) is 0. The third-order valence-electron chi connectivity index (χ3n) is 1.53. The van der Waals surface area contributed by atoms with Crippen LogP contribution >= 0.6 is 11.8 Å². The molecule has 0 aliphatic rings. The van der Waals surface area contributed by atoms with E-state index in [1.807, 2.05) is 0 Å². The number of oxazole rings is 1. The van der Waals surface area contributed by atoms with Crippen LogP contribution < -0.4 is 0 Å². The van der Waals surface area contributed by atoms with Crippen LogP contribution in [-0.2, 0) is 6.42 Å². The van der Waals surface area contributed by atoms with Crippen molar-refractivity contribution in [1.82, 2.24) is 4.98 Å². The Morgan fingerprint density at radius 1 is 1.69 bits per heavy atom. The SMILES string of the molecule is C#CCc1cnc(SCCCC)o1. The lowest BCUT2D eigenvalue weighted by molar-refractivity contribution is 0.425. The Balaban J connectivity index is 2.36. The van der Waals surface area contributed by atoms with Crippen molar-refractivity contribution in [2.75, 3.05) is 5.75 Å². The van der Waals surface area contributed by atoms with E-state index in [9.17, 15) is 0 Å². The highest BCUT2D eigenvalue weighted by Gasteiger charge is 2.02. The first-order chi connectivity index (χ1) is 6.36. The average Bonchev–Trinajstić information content (AvgIpc) is 2.54. The van der Waals surface area contributed by atoms with Crippen molar-refractivity contribution in [2.45, 2.75) is 31.4 Å². The molecule has 1 aromatic heterocycles. The lowest BCUT2D eigenvalue weighted by Crippen LogP contribution is -1.77. The molecule has 0 saturated carbocycles. The lowest BCUT2D eigenvalue weighted by atomic mass is 10.4. The van der Waals surface area contributed by atoms with Gasteiger partial charge in [-0.3, -0.25) is 0 Å². The summed E-state index contributed by atoms with van der Waals surface area (Å²) >= 11 is 1.65. The fourth-order valence-electron chi connectivity index (χ4n) is 0.842. The largest absolute Gasteiger partial charge is 0.436 e. The van der Waals surface area contributed by atoms with Crippen LogP contribution in [0, 0.1) is 12.3 Å². The third-order valence-corrected chi connectivity index (χ3v) is 2.46. The van der Waals surface area contributed by atoms with Crippen molar-refractivity contribution in [3.63, 3.8) is 0 Å². The van der Waals surface area contributed by atoms with Crippen molar-refractivity contribution in [1.29, 1.82) is 0 Å². The van der Waals surface area contributed by atoms with E-state index in [0.29, 0.717) is 6.42 Å². The molecule has 0 spiro atoms. The summed E-state index contributed by atoms with van der Waals surface area (Å²) < 4.78 is 5.38. The zero-order valence-electron chi connectivity index (χ0n) is 7.75. The molecule has 70 valence electrons. The van der Waals surface area contributed by atoms with Crippen molar-refractivity contribution < 1.29 is 4.42 Å². The summed E-state index contributed by atoms with van der Waals surface area (Å²) in [4.78, 5) is 4.11. The molecule has 0 N–H and O–H groups in total. The Morgan fingerprint density at radius 2 is 2.54 bits per heavy atom. The van der Waals surface area contributed by atoms with Gasteiger partial charge in [0.2, 0.25) is 0 Å². The van der Waals surface area contributed by atoms with Crippen molar-refractivity contribution in [3.05, 3.63) is 12.0 Å². The minimum absolute atomic E-state index is 0.529. The zero-order chi connectivity index (χ0) is 9.52. The smallest absolute Gasteiger partial charge is 0.255 e. The van der Waals surface area contributed by atoms with Crippen LogP contribution in [0.4, 0.5) is 0 Å². The molecule has 3 heteroatoms. The Hall–Kier alpha value is -0.880. The molecule has 0 saturated heterocycles. The first kappa shape index (κ1) is 10.2. The summed E-state index contributed by atoms with van der Waals surface area (Å²) in [5.74, 6) is 4.36. The first-order valence-corrected chi connectivity index (χ1v) is 5.36. The number of hydrogen-bond donors (Lipinski definition) is 0. The monoisotopic (exact) mass is 195 g/mol. The number of hydrogen-bond acceptors (Lipinski definition) is 3. The van der Waals surface area contributed by atoms with Crippen LogP contribution in [0.15, 0.2) is 15.8 Å². The van der Waals surface area contributed by atoms with E-state index in [-0.39, 0.29) is 0 Å². The second-order valence-electron chi connectivity index (χ2n) is 2.68. The van der Waals surface area contributed by atoms with Crippen LogP contribution in [0.5, 0.6) is 0 Å². The quantitative estimate of drug-likeness (QED) is 0.410. The molecular formula is C10H13NOS. The predicted octanol–water partition coefficient (Wildman–Crippen LogP) is 2.74. The molecule has 1 aromatic rings. The van der Waals surface area contributed by atoms with Gasteiger partial charge in [0.15, 0.2) is 0 Å². The maximum Gasteiger partial charge on any atom is 0.255 e. The highest BCUT2D eigenvalue weighted by atomic mass is 32.2. The van der Waals surface area contributed by atoms with E-state index < -0.39 is 0 Å². The van der Waals surface area contributed by atoms with E-state index >= 15 is 0 Å². The van der Waals surface area contributed by atoms with E-state index in [2.05, 4.69) is 17.8 Å². The minimum Gasteiger partial charge on any atom is -0.436 e. The molecule has 1 heterocycles. The summed E-state index contributed by atoms with van der Waals surface area (Å²) in [6.45, 7) is 2.17. The molecule has 0 aromatic carbocycles. The van der Waals surface area contributed by atoms with E-state index in [4.69, 9.17) is 10.8 Å². The van der Waals surface area contributed by atoms with Gasteiger partial charge >= 0.3 is 0 Å². The number of terminal acetylenes is 1. The number of unbranched alkanes of at least 4 members (excludes halogenated alkanes) is 1. The molecule has 0 radical (unpaired) electrons. The second-order valence-corrected chi connectivity index (χ2v) is 3.72. The van der Waals surface area contributed by atoms with Gasteiger partial charge in [-0.15, -0.1) is 6.42 Å². The van der Waals surface area contributed by atoms with Crippen LogP contribution in [0.2, 0.25) is 0 Å². The Bertz CT molecular complexity index is 287. The topological polar surface area (TPSA) is 26.0 Å². The van der Waals surface area contributed by atoms with Crippen LogP contribution in [0.1, 0.15) is 25.5 Å². The molecule has 0 fully saturated rings. The normalized spacial score (nSPS) is 9.85. The van der Waals surface area contributed by atoms with Gasteiger partial charge in [-0.1, -0.05) is 31.0 Å². The molecule has 2 nitrogen and oxygen atoms in total. The summed E-state index contributed by atoms with van der Waals surface area (Å²) in [6.07, 6.45) is 9.77. The van der Waals surface area contributed by atoms with Gasteiger partial charge in [0.05, 0.1) is 12.6 Å². The molecule has 0 atom stereocenters. The Morgan fingerprint density at radius 3 is 3.23 bits per heavy atom. The van der Waals surface area contributed by atoms with E-state index in [0.717, 1.165) is 16.7 Å². The lowest BCUT2D eigenvalue weighted by Gasteiger charge is -1.92. The minimum atomic E-state index is 0.529. The fraction of sp³-hybridized carbons (Fsp3) is 0.500. The van der Waals surface area contributed by atoms with Crippen LogP contribution in [-0.4, -0.2) is 10.7 Å². The number of nitrogens with zero attached hydrogens (tertiary/aromatic N) is 1. The molecule has 0 bridgehead atoms. The fourth-order valence-corrected chi connectivity index (χ4v) is 1.74. The highest BCUT2D eigenvalue weighted by Crippen LogP contribution is 2.18. The summed E-state index contributed by atoms with van der Waals surface area (Å²) in [6, 6.07) is 0. The number of thioether (sulfide) groups is 1. The zero-order valence-corrected chi connectivity index (χ0v) is 8.56. The Labute approximate surface area is 83.1 Å². The van der Waals surface area contributed by atoms with Crippen LogP contribution in [0.3, 0.4) is 0 Å². The van der Waals surface area contributed by atoms with E-state index in [1.165, 1.54) is 12.8 Å². The average molecular weight is 195 g/mol. The van der Waals surface area contributed by atoms with Crippen molar-refractivity contribution >= 4 is 11.8 Å². The van der Waals surface area contributed by atoms with Gasteiger partial charge < -0.3 is 4.42 Å². The summed E-state index contributed by atoms with van der Waals surface area (Å²) in [7, 11) is 0. The number of aromatic nitrogens is 1. The summed E-state index contributed by atoms with van der Waals surface area (Å²) in [5, 5.41) is 0.735. The molecule has 0 unspecified atom stereocenters. The first-order valence-electron chi connectivity index (χ1n) is 4.37. The molecule has 13 heavy (non-hydrogen) atoms. The molecule has 0 amide bonds. The maximum absolute atomic E-state index is 5.38. The van der Waals surface area contributed by atoms with Gasteiger partial charge in [0, 0.05) is 5.75 Å². The van der Waals surface area contributed by atoms with Gasteiger partial charge in [-0.05, 0) is 6.42 Å². The molecular weight excluding hydrogens is 182 g/mol. The molecule has 1 rings (SSSR count). The standard InChI is InChI=1S/C10H13NOS/c1-3-5-7-13-10-11-8-9(12-10)6-4-2/h2,8H,3,5-7H2,1H3. The van der Waals surface area contributed by atoms with Gasteiger partial charge in [-0.25, -0.2) is 4.98 Å². The van der Waals surface area contributed by atoms with Gasteiger partial charge in [-0.2, -0.15) is 0 Å².